The number of hydrogen-bond donors (Lipinski definition) is 2. The van der Waals surface area contributed by atoms with E-state index in [0.29, 0.717) is 11.3 Å². The summed E-state index contributed by atoms with van der Waals surface area (Å²) in [6.07, 6.45) is 3.22. The number of carbonyl (C=O) groups is 1. The third-order valence-corrected chi connectivity index (χ3v) is 3.20. The van der Waals surface area contributed by atoms with Crippen LogP contribution in [0.25, 0.3) is 0 Å². The fourth-order valence-electron chi connectivity index (χ4n) is 1.67. The number of nitrogens with zero attached hydrogens (tertiary/aromatic N) is 3. The fraction of sp³-hybridized carbons (Fsp3) is 0.154. The Hall–Kier alpha value is -2.35. The van der Waals surface area contributed by atoms with Gasteiger partial charge in [-0.2, -0.15) is 5.10 Å². The molecule has 2 rings (SSSR count). The Morgan fingerprint density at radius 2 is 2.29 bits per heavy atom. The van der Waals surface area contributed by atoms with Crippen LogP contribution in [0.15, 0.2) is 40.2 Å². The lowest BCUT2D eigenvalue weighted by molar-refractivity contribution is -0.144. The van der Waals surface area contributed by atoms with Gasteiger partial charge in [-0.15, -0.1) is 0 Å². The monoisotopic (exact) mass is 351 g/mol. The van der Waals surface area contributed by atoms with Gasteiger partial charge in [0.1, 0.15) is 6.54 Å². The fourth-order valence-corrected chi connectivity index (χ4v) is 1.99. The van der Waals surface area contributed by atoms with E-state index in [0.717, 1.165) is 10.0 Å². The molecule has 0 radical (unpaired) electrons. The molecule has 1 aromatic heterocycles. The van der Waals surface area contributed by atoms with Gasteiger partial charge in [0, 0.05) is 17.4 Å². The Balaban J connectivity index is 2.03. The van der Waals surface area contributed by atoms with E-state index in [9.17, 15) is 4.79 Å². The average molecular weight is 352 g/mol. The van der Waals surface area contributed by atoms with E-state index in [1.54, 1.807) is 30.6 Å². The molecule has 0 saturated carbocycles. The highest BCUT2D eigenvalue weighted by Gasteiger charge is 2.09. The predicted octanol–water partition coefficient (Wildman–Crippen LogP) is 1.40. The second kappa shape index (κ2) is 6.40. The van der Waals surface area contributed by atoms with Crippen molar-refractivity contribution in [1.29, 1.82) is 0 Å². The van der Waals surface area contributed by atoms with Crippen molar-refractivity contribution in [3.8, 4) is 0 Å². The first-order valence-electron chi connectivity index (χ1n) is 6.04. The number of nitrogens with two attached hydrogens (primary N) is 2. The van der Waals surface area contributed by atoms with Crippen molar-refractivity contribution in [2.45, 2.75) is 13.5 Å². The Morgan fingerprint density at radius 3 is 2.95 bits per heavy atom. The summed E-state index contributed by atoms with van der Waals surface area (Å²) >= 11 is 3.23. The van der Waals surface area contributed by atoms with Gasteiger partial charge < -0.3 is 16.3 Å². The number of amidine groups is 1. The molecule has 0 spiro atoms. The van der Waals surface area contributed by atoms with Crippen LogP contribution in [-0.2, 0) is 16.2 Å². The number of oxime groups is 1. The van der Waals surface area contributed by atoms with Crippen molar-refractivity contribution < 1.29 is 9.63 Å². The standard InChI is InChI=1S/C13H14BrN5O2/c1-8-10(3-2-4-11(8)15)13(16)18-21-12(20)7-19-6-9(14)5-17-19/h2-6H,7,15H2,1H3,(H2,16,18). The average Bonchev–Trinajstić information content (AvgIpc) is 2.84. The molecule has 0 atom stereocenters. The number of hydrogen-bond acceptors (Lipinski definition) is 5. The Morgan fingerprint density at radius 1 is 1.52 bits per heavy atom. The van der Waals surface area contributed by atoms with Gasteiger partial charge in [0.25, 0.3) is 0 Å². The number of nitrogen functional groups attached to an aromatic ring is 1. The maximum absolute atomic E-state index is 11.6. The number of aromatic nitrogens is 2. The van der Waals surface area contributed by atoms with Gasteiger partial charge in [-0.3, -0.25) is 4.68 Å². The summed E-state index contributed by atoms with van der Waals surface area (Å²) in [5.74, 6) is -0.482. The van der Waals surface area contributed by atoms with Crippen LogP contribution in [0, 0.1) is 6.92 Å². The summed E-state index contributed by atoms with van der Waals surface area (Å²) < 4.78 is 2.19. The maximum Gasteiger partial charge on any atom is 0.356 e. The molecular formula is C13H14BrN5O2. The van der Waals surface area contributed by atoms with E-state index in [4.69, 9.17) is 16.3 Å². The van der Waals surface area contributed by atoms with Crippen molar-refractivity contribution in [2.24, 2.45) is 10.9 Å². The smallest absolute Gasteiger partial charge is 0.356 e. The Kier molecular flexibility index (Phi) is 4.59. The molecule has 0 aliphatic carbocycles. The van der Waals surface area contributed by atoms with Gasteiger partial charge in [0.15, 0.2) is 5.84 Å². The summed E-state index contributed by atoms with van der Waals surface area (Å²) in [6, 6.07) is 5.26. The molecule has 4 N–H and O–H groups in total. The lowest BCUT2D eigenvalue weighted by Crippen LogP contribution is -2.18. The molecule has 2 aromatic rings. The van der Waals surface area contributed by atoms with Crippen molar-refractivity contribution in [3.63, 3.8) is 0 Å². The lowest BCUT2D eigenvalue weighted by Gasteiger charge is -2.07. The van der Waals surface area contributed by atoms with E-state index in [1.165, 1.54) is 4.68 Å². The molecule has 0 saturated heterocycles. The van der Waals surface area contributed by atoms with Crippen LogP contribution >= 0.6 is 15.9 Å². The van der Waals surface area contributed by atoms with Crippen molar-refractivity contribution in [1.82, 2.24) is 9.78 Å². The lowest BCUT2D eigenvalue weighted by atomic mass is 10.1. The minimum absolute atomic E-state index is 0.0573. The van der Waals surface area contributed by atoms with Gasteiger partial charge in [0.05, 0.1) is 10.7 Å². The van der Waals surface area contributed by atoms with E-state index in [2.05, 4.69) is 26.2 Å². The van der Waals surface area contributed by atoms with Gasteiger partial charge in [-0.05, 0) is 34.5 Å². The Bertz CT molecular complexity index is 696. The van der Waals surface area contributed by atoms with E-state index in [1.807, 2.05) is 6.92 Å². The number of halogens is 1. The van der Waals surface area contributed by atoms with Gasteiger partial charge in [0.2, 0.25) is 0 Å². The summed E-state index contributed by atoms with van der Waals surface area (Å²) in [5.41, 5.74) is 13.6. The molecule has 1 aromatic carbocycles. The molecule has 0 aliphatic rings. The normalized spacial score (nSPS) is 11.4. The summed E-state index contributed by atoms with van der Waals surface area (Å²) in [4.78, 5) is 16.4. The predicted molar refractivity (Wildman–Crippen MR) is 82.3 cm³/mol. The first kappa shape index (κ1) is 15.0. The molecule has 0 fully saturated rings. The minimum Gasteiger partial charge on any atom is -0.398 e. The number of benzene rings is 1. The first-order chi connectivity index (χ1) is 9.97. The van der Waals surface area contributed by atoms with Crippen LogP contribution in [0.3, 0.4) is 0 Å². The molecule has 21 heavy (non-hydrogen) atoms. The van der Waals surface area contributed by atoms with Crippen LogP contribution in [0.2, 0.25) is 0 Å². The van der Waals surface area contributed by atoms with Gasteiger partial charge >= 0.3 is 5.97 Å². The molecular weight excluding hydrogens is 338 g/mol. The second-order valence-corrected chi connectivity index (χ2v) is 5.23. The first-order valence-corrected chi connectivity index (χ1v) is 6.83. The molecule has 8 heteroatoms. The molecule has 0 bridgehead atoms. The summed E-state index contributed by atoms with van der Waals surface area (Å²) in [6.45, 7) is 1.76. The largest absolute Gasteiger partial charge is 0.398 e. The molecule has 0 amide bonds. The zero-order valence-corrected chi connectivity index (χ0v) is 12.9. The summed E-state index contributed by atoms with van der Waals surface area (Å²) in [7, 11) is 0. The third-order valence-electron chi connectivity index (χ3n) is 2.79. The van der Waals surface area contributed by atoms with Crippen molar-refractivity contribution in [3.05, 3.63) is 46.2 Å². The van der Waals surface area contributed by atoms with E-state index in [-0.39, 0.29) is 12.4 Å². The van der Waals surface area contributed by atoms with Gasteiger partial charge in [-0.1, -0.05) is 17.3 Å². The van der Waals surface area contributed by atoms with Crippen molar-refractivity contribution >= 4 is 33.4 Å². The van der Waals surface area contributed by atoms with Crippen LogP contribution in [0.5, 0.6) is 0 Å². The summed E-state index contributed by atoms with van der Waals surface area (Å²) in [5, 5.41) is 7.58. The third kappa shape index (κ3) is 3.82. The Labute approximate surface area is 129 Å². The molecule has 110 valence electrons. The maximum atomic E-state index is 11.6. The number of rotatable bonds is 4. The highest BCUT2D eigenvalue weighted by molar-refractivity contribution is 9.10. The van der Waals surface area contributed by atoms with Crippen LogP contribution in [-0.4, -0.2) is 21.6 Å². The molecule has 1 heterocycles. The number of carbonyl (C=O) groups excluding carboxylic acids is 1. The zero-order chi connectivity index (χ0) is 15.4. The van der Waals surface area contributed by atoms with Gasteiger partial charge in [-0.25, -0.2) is 4.79 Å². The molecule has 0 aliphatic heterocycles. The molecule has 0 unspecified atom stereocenters. The topological polar surface area (TPSA) is 109 Å². The van der Waals surface area contributed by atoms with Crippen LogP contribution < -0.4 is 11.5 Å². The quantitative estimate of drug-likeness (QED) is 0.284. The van der Waals surface area contributed by atoms with E-state index >= 15 is 0 Å². The zero-order valence-electron chi connectivity index (χ0n) is 11.3. The number of anilines is 1. The van der Waals surface area contributed by atoms with Crippen LogP contribution in [0.1, 0.15) is 11.1 Å². The second-order valence-electron chi connectivity index (χ2n) is 4.32. The van der Waals surface area contributed by atoms with Crippen molar-refractivity contribution in [2.75, 3.05) is 5.73 Å². The molecule has 7 nitrogen and oxygen atoms in total. The minimum atomic E-state index is -0.574. The highest BCUT2D eigenvalue weighted by Crippen LogP contribution is 2.15. The van der Waals surface area contributed by atoms with Crippen LogP contribution in [0.4, 0.5) is 5.69 Å². The SMILES string of the molecule is Cc1c(N)cccc1/C(N)=N/OC(=O)Cn1cc(Br)cn1. The van der Waals surface area contributed by atoms with E-state index < -0.39 is 5.97 Å². The highest BCUT2D eigenvalue weighted by atomic mass is 79.9.